The summed E-state index contributed by atoms with van der Waals surface area (Å²) in [7, 11) is 1.53. The highest BCUT2D eigenvalue weighted by Crippen LogP contribution is 2.22. The second kappa shape index (κ2) is 7.62. The predicted octanol–water partition coefficient (Wildman–Crippen LogP) is 0.473. The van der Waals surface area contributed by atoms with Gasteiger partial charge in [0, 0.05) is 12.6 Å². The molecule has 0 unspecified atom stereocenters. The molecule has 1 aromatic carbocycles. The van der Waals surface area contributed by atoms with Crippen molar-refractivity contribution in [1.29, 1.82) is 0 Å². The SMILES string of the molecule is CNC(=O)Cn1cc(C(=O)NCc2nnc(-c3ccccc3)s2)nn1. The molecule has 10 heteroatoms. The van der Waals surface area contributed by atoms with Crippen molar-refractivity contribution in [2.75, 3.05) is 7.05 Å². The van der Waals surface area contributed by atoms with E-state index in [-0.39, 0.29) is 30.6 Å². The minimum absolute atomic E-state index is 0.00756. The number of hydrogen-bond donors (Lipinski definition) is 2. The van der Waals surface area contributed by atoms with Crippen molar-refractivity contribution >= 4 is 23.2 Å². The molecule has 3 rings (SSSR count). The lowest BCUT2D eigenvalue weighted by atomic mass is 10.2. The molecular weight excluding hydrogens is 342 g/mol. The number of likely N-dealkylation sites (N-methyl/N-ethyl adjacent to an activating group) is 1. The highest BCUT2D eigenvalue weighted by Gasteiger charge is 2.13. The molecule has 2 aromatic heterocycles. The number of rotatable bonds is 6. The Morgan fingerprint density at radius 2 is 1.96 bits per heavy atom. The Labute approximate surface area is 147 Å². The summed E-state index contributed by atoms with van der Waals surface area (Å²) in [6.45, 7) is 0.249. The minimum atomic E-state index is -0.389. The average molecular weight is 357 g/mol. The number of nitrogens with one attached hydrogen (secondary N) is 2. The Balaban J connectivity index is 1.58. The topological polar surface area (TPSA) is 115 Å². The van der Waals surface area contributed by atoms with Crippen LogP contribution in [0.15, 0.2) is 36.5 Å². The Morgan fingerprint density at radius 3 is 2.72 bits per heavy atom. The maximum absolute atomic E-state index is 12.1. The van der Waals surface area contributed by atoms with Crippen molar-refractivity contribution in [1.82, 2.24) is 35.8 Å². The van der Waals surface area contributed by atoms with Crippen molar-refractivity contribution < 1.29 is 9.59 Å². The predicted molar refractivity (Wildman–Crippen MR) is 90.6 cm³/mol. The first-order chi connectivity index (χ1) is 12.2. The Hall–Kier alpha value is -3.14. The monoisotopic (exact) mass is 357 g/mol. The summed E-state index contributed by atoms with van der Waals surface area (Å²) in [5.74, 6) is -0.612. The van der Waals surface area contributed by atoms with E-state index in [0.29, 0.717) is 5.01 Å². The summed E-state index contributed by atoms with van der Waals surface area (Å²) in [6, 6.07) is 9.70. The second-order valence-electron chi connectivity index (χ2n) is 5.02. The van der Waals surface area contributed by atoms with Crippen LogP contribution in [0.4, 0.5) is 0 Å². The minimum Gasteiger partial charge on any atom is -0.358 e. The van der Waals surface area contributed by atoms with Gasteiger partial charge in [-0.05, 0) is 0 Å². The summed E-state index contributed by atoms with van der Waals surface area (Å²) in [4.78, 5) is 23.4. The van der Waals surface area contributed by atoms with E-state index in [2.05, 4.69) is 31.1 Å². The highest BCUT2D eigenvalue weighted by atomic mass is 32.1. The highest BCUT2D eigenvalue weighted by molar-refractivity contribution is 7.14. The van der Waals surface area contributed by atoms with Crippen LogP contribution in [0, 0.1) is 0 Å². The van der Waals surface area contributed by atoms with E-state index in [4.69, 9.17) is 0 Å². The van der Waals surface area contributed by atoms with Crippen LogP contribution >= 0.6 is 11.3 Å². The summed E-state index contributed by atoms with van der Waals surface area (Å²) in [6.07, 6.45) is 1.42. The third-order valence-corrected chi connectivity index (χ3v) is 4.22. The zero-order valence-corrected chi connectivity index (χ0v) is 14.2. The molecule has 9 nitrogen and oxygen atoms in total. The molecule has 0 fully saturated rings. The Bertz CT molecular complexity index is 875. The number of carbonyl (C=O) groups is 2. The van der Waals surface area contributed by atoms with E-state index in [1.54, 1.807) is 0 Å². The van der Waals surface area contributed by atoms with Crippen LogP contribution < -0.4 is 10.6 Å². The number of hydrogen-bond acceptors (Lipinski definition) is 7. The van der Waals surface area contributed by atoms with E-state index >= 15 is 0 Å². The van der Waals surface area contributed by atoms with E-state index in [0.717, 1.165) is 10.6 Å². The van der Waals surface area contributed by atoms with Gasteiger partial charge in [0.2, 0.25) is 5.91 Å². The third kappa shape index (κ3) is 4.23. The normalized spacial score (nSPS) is 10.4. The molecule has 0 aliphatic carbocycles. The Morgan fingerprint density at radius 1 is 1.16 bits per heavy atom. The fourth-order valence-corrected chi connectivity index (χ4v) is 2.76. The van der Waals surface area contributed by atoms with Crippen molar-refractivity contribution in [3.63, 3.8) is 0 Å². The van der Waals surface area contributed by atoms with Gasteiger partial charge in [-0.2, -0.15) is 0 Å². The second-order valence-corrected chi connectivity index (χ2v) is 6.09. The molecule has 0 spiro atoms. The summed E-state index contributed by atoms with van der Waals surface area (Å²) in [5.41, 5.74) is 1.12. The zero-order valence-electron chi connectivity index (χ0n) is 13.3. The van der Waals surface area contributed by atoms with Gasteiger partial charge >= 0.3 is 0 Å². The van der Waals surface area contributed by atoms with Crippen LogP contribution in [0.3, 0.4) is 0 Å². The van der Waals surface area contributed by atoms with Crippen LogP contribution in [-0.2, 0) is 17.9 Å². The molecule has 2 heterocycles. The van der Waals surface area contributed by atoms with Crippen LogP contribution in [-0.4, -0.2) is 44.1 Å². The van der Waals surface area contributed by atoms with E-state index in [1.807, 2.05) is 30.3 Å². The standard InChI is InChI=1S/C15H15N7O2S/c1-16-12(23)9-22-8-11(18-21-22)14(24)17-7-13-19-20-15(25-13)10-5-3-2-4-6-10/h2-6,8H,7,9H2,1H3,(H,16,23)(H,17,24). The molecule has 0 atom stereocenters. The van der Waals surface area contributed by atoms with Gasteiger partial charge in [0.05, 0.1) is 12.7 Å². The lowest BCUT2D eigenvalue weighted by Gasteiger charge is -1.99. The summed E-state index contributed by atoms with van der Waals surface area (Å²) >= 11 is 1.41. The fourth-order valence-electron chi connectivity index (χ4n) is 1.97. The lowest BCUT2D eigenvalue weighted by Crippen LogP contribution is -2.24. The first kappa shape index (κ1) is 16.7. The summed E-state index contributed by atoms with van der Waals surface area (Å²) in [5, 5.41) is 22.4. The van der Waals surface area contributed by atoms with Gasteiger partial charge in [0.25, 0.3) is 5.91 Å². The van der Waals surface area contributed by atoms with Crippen LogP contribution in [0.25, 0.3) is 10.6 Å². The van der Waals surface area contributed by atoms with Gasteiger partial charge in [0.15, 0.2) is 5.69 Å². The molecule has 25 heavy (non-hydrogen) atoms. The van der Waals surface area contributed by atoms with Crippen LogP contribution in [0.2, 0.25) is 0 Å². The maximum atomic E-state index is 12.1. The Kier molecular flexibility index (Phi) is 5.09. The number of amides is 2. The molecule has 0 radical (unpaired) electrons. The van der Waals surface area contributed by atoms with E-state index in [9.17, 15) is 9.59 Å². The van der Waals surface area contributed by atoms with Gasteiger partial charge in [-0.1, -0.05) is 46.9 Å². The molecule has 0 aliphatic heterocycles. The first-order valence-corrected chi connectivity index (χ1v) is 8.24. The van der Waals surface area contributed by atoms with Crippen molar-refractivity contribution in [3.05, 3.63) is 47.2 Å². The third-order valence-electron chi connectivity index (χ3n) is 3.24. The number of carbonyl (C=O) groups excluding carboxylic acids is 2. The first-order valence-electron chi connectivity index (χ1n) is 7.42. The molecule has 0 saturated heterocycles. The lowest BCUT2D eigenvalue weighted by molar-refractivity contribution is -0.121. The number of benzene rings is 1. The van der Waals surface area contributed by atoms with Crippen molar-refractivity contribution in [3.8, 4) is 10.6 Å². The van der Waals surface area contributed by atoms with Gasteiger partial charge in [-0.3, -0.25) is 9.59 Å². The maximum Gasteiger partial charge on any atom is 0.273 e. The molecule has 0 bridgehead atoms. The van der Waals surface area contributed by atoms with Crippen molar-refractivity contribution in [2.45, 2.75) is 13.1 Å². The number of nitrogens with zero attached hydrogens (tertiary/aromatic N) is 5. The molecule has 0 saturated carbocycles. The van der Waals surface area contributed by atoms with Gasteiger partial charge in [0.1, 0.15) is 16.6 Å². The molecule has 3 aromatic rings. The molecular formula is C15H15N7O2S. The average Bonchev–Trinajstić information content (AvgIpc) is 3.30. The smallest absolute Gasteiger partial charge is 0.273 e. The molecule has 2 N–H and O–H groups in total. The summed E-state index contributed by atoms with van der Waals surface area (Å²) < 4.78 is 1.30. The molecule has 0 aliphatic rings. The number of aromatic nitrogens is 5. The van der Waals surface area contributed by atoms with Crippen LogP contribution in [0.1, 0.15) is 15.5 Å². The molecule has 128 valence electrons. The van der Waals surface area contributed by atoms with Gasteiger partial charge < -0.3 is 10.6 Å². The van der Waals surface area contributed by atoms with Gasteiger partial charge in [-0.25, -0.2) is 4.68 Å². The fraction of sp³-hybridized carbons (Fsp3) is 0.200. The van der Waals surface area contributed by atoms with Crippen molar-refractivity contribution in [2.24, 2.45) is 0 Å². The zero-order chi connectivity index (χ0) is 17.6. The van der Waals surface area contributed by atoms with Crippen LogP contribution in [0.5, 0.6) is 0 Å². The molecule has 2 amide bonds. The van der Waals surface area contributed by atoms with Gasteiger partial charge in [-0.15, -0.1) is 15.3 Å². The quantitative estimate of drug-likeness (QED) is 0.663. The van der Waals surface area contributed by atoms with E-state index in [1.165, 1.54) is 29.3 Å². The van der Waals surface area contributed by atoms with E-state index < -0.39 is 0 Å². The largest absolute Gasteiger partial charge is 0.358 e.